The summed E-state index contributed by atoms with van der Waals surface area (Å²) < 4.78 is 66.4. The maximum Gasteiger partial charge on any atom is 0.515 e. The maximum absolute atomic E-state index is 12.8. The van der Waals surface area contributed by atoms with Crippen molar-refractivity contribution in [1.82, 2.24) is 18.3 Å². The highest BCUT2D eigenvalue weighted by molar-refractivity contribution is 7.00. The number of aromatic amines is 1. The molecule has 1 N–H and O–H groups in total. The summed E-state index contributed by atoms with van der Waals surface area (Å²) in [5, 5.41) is 1.71. The van der Waals surface area contributed by atoms with Gasteiger partial charge >= 0.3 is 12.3 Å². The van der Waals surface area contributed by atoms with Crippen LogP contribution < -0.4 is 37.9 Å². The molecule has 3 aromatic heterocycles. The van der Waals surface area contributed by atoms with E-state index in [1.54, 1.807) is 48.4 Å². The molecule has 0 aliphatic rings. The third-order valence-electron chi connectivity index (χ3n) is 12.1. The normalized spacial score (nSPS) is 10.9. The Morgan fingerprint density at radius 1 is 0.526 bits per heavy atom. The first kappa shape index (κ1) is 51.7. The number of nitrogens with zero attached hydrogens (tertiary/aromatic N) is 3. The van der Waals surface area contributed by atoms with E-state index in [-0.39, 0.29) is 19.1 Å². The van der Waals surface area contributed by atoms with E-state index in [1.165, 1.54) is 11.7 Å². The second-order valence-corrected chi connectivity index (χ2v) is 17.4. The van der Waals surface area contributed by atoms with Crippen LogP contribution in [0.25, 0.3) is 55.1 Å². The van der Waals surface area contributed by atoms with E-state index in [9.17, 15) is 9.59 Å². The van der Waals surface area contributed by atoms with Crippen LogP contribution in [-0.4, -0.2) is 72.3 Å². The largest absolute Gasteiger partial charge is 0.515 e. The van der Waals surface area contributed by atoms with Gasteiger partial charge in [-0.15, -0.1) is 0 Å². The van der Waals surface area contributed by atoms with Crippen molar-refractivity contribution in [3.63, 3.8) is 0 Å². The average molecular weight is 1040 g/mol. The number of methoxy groups -OCH3 is 4. The molecule has 0 atom stereocenters. The molecular weight excluding hydrogens is 989 g/mol. The predicted octanol–water partition coefficient (Wildman–Crippen LogP) is 13.5. The molecule has 17 heteroatoms. The van der Waals surface area contributed by atoms with E-state index in [2.05, 4.69) is 13.7 Å². The van der Waals surface area contributed by atoms with Gasteiger partial charge in [-0.2, -0.15) is 8.75 Å². The number of rotatable bonds is 18. The molecule has 0 saturated heterocycles. The van der Waals surface area contributed by atoms with Gasteiger partial charge in [0.05, 0.1) is 82.1 Å². The lowest BCUT2D eigenvalue weighted by molar-refractivity contribution is 0.101. The molecule has 388 valence electrons. The standard InChI is InChI=1S/C33H29N3O6S.C26H25NO6/c1-4-40-33(37)42-32-31(23-11-15-29(38-2)30(17-23)39-3)25-13-12-24(41-20-21-8-6-5-7-9-21)18-28(25)36(32)19-22-10-14-26-27(16-22)35-43-34-26;1-4-31-26(28)33-25-24(18-10-13-22(29-2)23(14-18)30-3)20-12-11-19(15-21(20)27-25)32-16-17-8-6-5-7-9-17/h5-18H,4,19-20H2,1-3H3;5-15,27H,4,16H2,1-3H3. The third kappa shape index (κ3) is 11.7. The van der Waals surface area contributed by atoms with E-state index >= 15 is 0 Å². The average Bonchev–Trinajstić information content (AvgIpc) is 4.15. The van der Waals surface area contributed by atoms with Gasteiger partial charge < -0.3 is 56.9 Å². The van der Waals surface area contributed by atoms with Crippen molar-refractivity contribution in [2.45, 2.75) is 33.6 Å². The highest BCUT2D eigenvalue weighted by Crippen LogP contribution is 2.45. The minimum Gasteiger partial charge on any atom is -0.493 e. The molecule has 10 aromatic rings. The van der Waals surface area contributed by atoms with Crippen LogP contribution in [0, 0.1) is 0 Å². The summed E-state index contributed by atoms with van der Waals surface area (Å²) in [5.74, 6) is 4.27. The van der Waals surface area contributed by atoms with Crippen LogP contribution in [0.5, 0.6) is 46.3 Å². The minimum absolute atomic E-state index is 0.176. The number of carbonyl (C=O) groups excluding carboxylic acids is 2. The highest BCUT2D eigenvalue weighted by Gasteiger charge is 2.26. The molecule has 16 nitrogen and oxygen atoms in total. The summed E-state index contributed by atoms with van der Waals surface area (Å²) in [6.45, 7) is 5.08. The lowest BCUT2D eigenvalue weighted by Crippen LogP contribution is -2.14. The van der Waals surface area contributed by atoms with Crippen LogP contribution in [0.15, 0.2) is 152 Å². The molecule has 0 fully saturated rings. The lowest BCUT2D eigenvalue weighted by atomic mass is 10.0. The van der Waals surface area contributed by atoms with E-state index in [0.29, 0.717) is 71.3 Å². The molecule has 76 heavy (non-hydrogen) atoms. The Labute approximate surface area is 442 Å². The van der Waals surface area contributed by atoms with Crippen LogP contribution >= 0.6 is 11.7 Å². The number of nitrogens with one attached hydrogen (secondary N) is 1. The Balaban J connectivity index is 0.000000193. The Morgan fingerprint density at radius 3 is 1.67 bits per heavy atom. The first-order valence-electron chi connectivity index (χ1n) is 24.2. The third-order valence-corrected chi connectivity index (χ3v) is 12.7. The smallest absolute Gasteiger partial charge is 0.493 e. The first-order valence-corrected chi connectivity index (χ1v) is 24.9. The second-order valence-electron chi connectivity index (χ2n) is 16.8. The molecule has 7 aromatic carbocycles. The molecular formula is C59H54N4O12S. The van der Waals surface area contributed by atoms with Crippen LogP contribution in [0.1, 0.15) is 30.5 Å². The lowest BCUT2D eigenvalue weighted by Gasteiger charge is -2.14. The van der Waals surface area contributed by atoms with Crippen LogP contribution in [0.3, 0.4) is 0 Å². The topological polar surface area (TPSA) is 173 Å². The van der Waals surface area contributed by atoms with E-state index in [1.807, 2.05) is 150 Å². The molecule has 0 saturated carbocycles. The molecule has 0 unspecified atom stereocenters. The number of aromatic nitrogens is 4. The molecule has 3 heterocycles. The van der Waals surface area contributed by atoms with Gasteiger partial charge in [-0.3, -0.25) is 0 Å². The summed E-state index contributed by atoms with van der Waals surface area (Å²) in [7, 11) is 6.32. The number of carbonyl (C=O) groups is 2. The Hall–Kier alpha value is -9.22. The van der Waals surface area contributed by atoms with Crippen LogP contribution in [-0.2, 0) is 29.2 Å². The molecule has 10 rings (SSSR count). The van der Waals surface area contributed by atoms with Crippen molar-refractivity contribution in [1.29, 1.82) is 0 Å². The van der Waals surface area contributed by atoms with Crippen molar-refractivity contribution in [2.24, 2.45) is 0 Å². The summed E-state index contributed by atoms with van der Waals surface area (Å²) in [6.07, 6.45) is -1.58. The Bertz CT molecular complexity index is 3610. The van der Waals surface area contributed by atoms with Gasteiger partial charge in [-0.25, -0.2) is 9.59 Å². The van der Waals surface area contributed by atoms with Crippen molar-refractivity contribution >= 4 is 56.9 Å². The fourth-order valence-corrected chi connectivity index (χ4v) is 9.09. The quantitative estimate of drug-likeness (QED) is 0.0804. The molecule has 0 aliphatic heterocycles. The van der Waals surface area contributed by atoms with E-state index in [0.717, 1.165) is 60.7 Å². The fourth-order valence-electron chi connectivity index (χ4n) is 8.57. The zero-order valence-electron chi connectivity index (χ0n) is 42.6. The minimum atomic E-state index is -0.798. The van der Waals surface area contributed by atoms with E-state index in [4.69, 9.17) is 47.4 Å². The van der Waals surface area contributed by atoms with E-state index < -0.39 is 12.3 Å². The van der Waals surface area contributed by atoms with Gasteiger partial charge in [0.15, 0.2) is 23.0 Å². The van der Waals surface area contributed by atoms with Crippen molar-refractivity contribution in [2.75, 3.05) is 41.7 Å². The number of fused-ring (bicyclic) bond motifs is 3. The summed E-state index contributed by atoms with van der Waals surface area (Å²) in [4.78, 5) is 28.1. The van der Waals surface area contributed by atoms with Gasteiger partial charge in [0, 0.05) is 22.9 Å². The summed E-state index contributed by atoms with van der Waals surface area (Å²) in [6, 6.07) is 48.5. The number of benzene rings is 7. The van der Waals surface area contributed by atoms with Gasteiger partial charge in [-0.05, 0) is 102 Å². The van der Waals surface area contributed by atoms with Gasteiger partial charge in [0.2, 0.25) is 11.8 Å². The second kappa shape index (κ2) is 24.2. The molecule has 0 amide bonds. The van der Waals surface area contributed by atoms with Gasteiger partial charge in [0.1, 0.15) is 35.7 Å². The Kier molecular flexibility index (Phi) is 16.5. The van der Waals surface area contributed by atoms with Crippen molar-refractivity contribution < 1.29 is 57.0 Å². The zero-order valence-corrected chi connectivity index (χ0v) is 43.4. The molecule has 0 bridgehead atoms. The number of H-pyrrole nitrogens is 1. The maximum atomic E-state index is 12.8. The summed E-state index contributed by atoms with van der Waals surface area (Å²) in [5.41, 5.74) is 9.26. The molecule has 0 radical (unpaired) electrons. The molecule has 0 spiro atoms. The Morgan fingerprint density at radius 2 is 1.08 bits per heavy atom. The number of hydrogen-bond donors (Lipinski definition) is 1. The molecule has 0 aliphatic carbocycles. The SMILES string of the molecule is CCOC(=O)Oc1[nH]c2cc(OCc3ccccc3)ccc2c1-c1ccc(OC)c(OC)c1.CCOC(=O)Oc1c(-c2ccc(OC)c(OC)c2)c2ccc(OCc3ccccc3)cc2n1Cc1ccc2nsnc2c1. The number of hydrogen-bond acceptors (Lipinski definition) is 15. The highest BCUT2D eigenvalue weighted by atomic mass is 32.1. The summed E-state index contributed by atoms with van der Waals surface area (Å²) >= 11 is 1.17. The fraction of sp³-hybridized carbons (Fsp3) is 0.186. The zero-order chi connectivity index (χ0) is 53.0. The van der Waals surface area contributed by atoms with Crippen molar-refractivity contribution in [3.8, 4) is 68.5 Å². The first-order chi connectivity index (χ1) is 37.2. The van der Waals surface area contributed by atoms with Gasteiger partial charge in [0.25, 0.3) is 0 Å². The van der Waals surface area contributed by atoms with Crippen molar-refractivity contribution in [3.05, 3.63) is 168 Å². The van der Waals surface area contributed by atoms with Crippen LogP contribution in [0.2, 0.25) is 0 Å². The van der Waals surface area contributed by atoms with Crippen LogP contribution in [0.4, 0.5) is 9.59 Å². The number of ether oxygens (including phenoxy) is 10. The predicted molar refractivity (Wildman–Crippen MR) is 291 cm³/mol. The van der Waals surface area contributed by atoms with Gasteiger partial charge in [-0.1, -0.05) is 78.9 Å². The monoisotopic (exact) mass is 1040 g/mol.